The normalized spacial score (nSPS) is 15.0. The van der Waals surface area contributed by atoms with E-state index in [0.29, 0.717) is 29.7 Å². The molecule has 0 saturated carbocycles. The molecular weight excluding hydrogens is 354 g/mol. The Morgan fingerprint density at radius 3 is 2.61 bits per heavy atom. The number of fused-ring (bicyclic) bond motifs is 1. The molecular formula is C21H23N5O2. The van der Waals surface area contributed by atoms with Crippen molar-refractivity contribution in [2.75, 3.05) is 13.1 Å². The summed E-state index contributed by atoms with van der Waals surface area (Å²) in [7, 11) is 1.83. The van der Waals surface area contributed by atoms with E-state index in [1.807, 2.05) is 55.3 Å². The maximum Gasteiger partial charge on any atom is 0.253 e. The second-order valence-corrected chi connectivity index (χ2v) is 7.27. The van der Waals surface area contributed by atoms with Gasteiger partial charge in [-0.3, -0.25) is 9.59 Å². The van der Waals surface area contributed by atoms with Gasteiger partial charge in [-0.05, 0) is 49.6 Å². The molecule has 1 aliphatic heterocycles. The van der Waals surface area contributed by atoms with Crippen molar-refractivity contribution >= 4 is 22.8 Å². The standard InChI is InChI=1S/C21H23N5O2/c1-14-5-3-4-6-17(14)20(27)22-16-9-11-26(12-10-16)21(28)15-7-8-19-18(13-15)23-24-25(19)2/h3-8,13,16H,9-12H2,1-2H3,(H,22,27). The van der Waals surface area contributed by atoms with Gasteiger partial charge in [0.25, 0.3) is 11.8 Å². The summed E-state index contributed by atoms with van der Waals surface area (Å²) in [4.78, 5) is 27.2. The van der Waals surface area contributed by atoms with E-state index in [4.69, 9.17) is 0 Å². The van der Waals surface area contributed by atoms with Crippen LogP contribution in [0, 0.1) is 6.92 Å². The highest BCUT2D eigenvalue weighted by atomic mass is 16.2. The van der Waals surface area contributed by atoms with Gasteiger partial charge in [0.1, 0.15) is 5.52 Å². The average molecular weight is 377 g/mol. The highest BCUT2D eigenvalue weighted by molar-refractivity contribution is 5.97. The number of hydrogen-bond donors (Lipinski definition) is 1. The second kappa shape index (κ2) is 7.42. The zero-order valence-corrected chi connectivity index (χ0v) is 16.1. The summed E-state index contributed by atoms with van der Waals surface area (Å²) < 4.78 is 1.69. The van der Waals surface area contributed by atoms with E-state index in [1.165, 1.54) is 0 Å². The third-order valence-corrected chi connectivity index (χ3v) is 5.36. The minimum atomic E-state index is -0.0454. The number of nitrogens with zero attached hydrogens (tertiary/aromatic N) is 4. The van der Waals surface area contributed by atoms with Crippen LogP contribution in [-0.2, 0) is 7.05 Å². The molecule has 144 valence electrons. The first-order chi connectivity index (χ1) is 13.5. The Bertz CT molecular complexity index is 1030. The molecule has 1 fully saturated rings. The fourth-order valence-corrected chi connectivity index (χ4v) is 3.67. The molecule has 1 aliphatic rings. The van der Waals surface area contributed by atoms with Crippen molar-refractivity contribution in [2.24, 2.45) is 7.05 Å². The Morgan fingerprint density at radius 1 is 1.11 bits per heavy atom. The Balaban J connectivity index is 1.37. The lowest BCUT2D eigenvalue weighted by Gasteiger charge is -2.32. The van der Waals surface area contributed by atoms with Crippen LogP contribution >= 0.6 is 0 Å². The van der Waals surface area contributed by atoms with E-state index < -0.39 is 0 Å². The summed E-state index contributed by atoms with van der Waals surface area (Å²) in [5.74, 6) is -0.0489. The molecule has 0 unspecified atom stereocenters. The Labute approximate surface area is 163 Å². The predicted octanol–water partition coefficient (Wildman–Crippen LogP) is 2.31. The number of carbonyl (C=O) groups is 2. The fourth-order valence-electron chi connectivity index (χ4n) is 3.67. The van der Waals surface area contributed by atoms with Crippen LogP contribution in [0.4, 0.5) is 0 Å². The SMILES string of the molecule is Cc1ccccc1C(=O)NC1CCN(C(=O)c2ccc3c(c2)nnn3C)CC1. The van der Waals surface area contributed by atoms with Crippen LogP contribution in [0.25, 0.3) is 11.0 Å². The first-order valence-corrected chi connectivity index (χ1v) is 9.48. The molecule has 1 N–H and O–H groups in total. The Hall–Kier alpha value is -3.22. The number of hydrogen-bond acceptors (Lipinski definition) is 4. The lowest BCUT2D eigenvalue weighted by atomic mass is 10.0. The van der Waals surface area contributed by atoms with Gasteiger partial charge in [-0.2, -0.15) is 0 Å². The molecule has 0 radical (unpaired) electrons. The van der Waals surface area contributed by atoms with Crippen LogP contribution in [0.15, 0.2) is 42.5 Å². The number of piperidine rings is 1. The van der Waals surface area contributed by atoms with Gasteiger partial charge in [-0.15, -0.1) is 5.10 Å². The number of nitrogens with one attached hydrogen (secondary N) is 1. The number of carbonyl (C=O) groups excluding carboxylic acids is 2. The fraction of sp³-hybridized carbons (Fsp3) is 0.333. The van der Waals surface area contributed by atoms with E-state index in [1.54, 1.807) is 10.7 Å². The minimum absolute atomic E-state index is 0.00349. The van der Waals surface area contributed by atoms with Crippen molar-refractivity contribution in [1.29, 1.82) is 0 Å². The van der Waals surface area contributed by atoms with Crippen LogP contribution in [0.3, 0.4) is 0 Å². The molecule has 28 heavy (non-hydrogen) atoms. The smallest absolute Gasteiger partial charge is 0.253 e. The van der Waals surface area contributed by atoms with Crippen molar-refractivity contribution in [3.05, 3.63) is 59.2 Å². The first kappa shape index (κ1) is 18.2. The highest BCUT2D eigenvalue weighted by Crippen LogP contribution is 2.18. The predicted molar refractivity (Wildman–Crippen MR) is 106 cm³/mol. The highest BCUT2D eigenvalue weighted by Gasteiger charge is 2.25. The lowest BCUT2D eigenvalue weighted by Crippen LogP contribution is -2.46. The van der Waals surface area contributed by atoms with Gasteiger partial charge in [0.05, 0.1) is 5.52 Å². The summed E-state index contributed by atoms with van der Waals surface area (Å²) in [5, 5.41) is 11.2. The molecule has 1 saturated heterocycles. The number of likely N-dealkylation sites (tertiary alicyclic amines) is 1. The molecule has 2 amide bonds. The van der Waals surface area contributed by atoms with Gasteiger partial charge in [0.15, 0.2) is 0 Å². The van der Waals surface area contributed by atoms with Crippen LogP contribution in [-0.4, -0.2) is 50.8 Å². The van der Waals surface area contributed by atoms with E-state index in [0.717, 1.165) is 23.9 Å². The molecule has 1 aromatic heterocycles. The summed E-state index contributed by atoms with van der Waals surface area (Å²) in [6, 6.07) is 13.1. The zero-order valence-electron chi connectivity index (χ0n) is 16.1. The Kier molecular flexibility index (Phi) is 4.81. The zero-order chi connectivity index (χ0) is 19.7. The van der Waals surface area contributed by atoms with Crippen molar-refractivity contribution in [1.82, 2.24) is 25.2 Å². The molecule has 0 aliphatic carbocycles. The topological polar surface area (TPSA) is 80.1 Å². The van der Waals surface area contributed by atoms with Crippen LogP contribution in [0.1, 0.15) is 39.1 Å². The van der Waals surface area contributed by atoms with Crippen LogP contribution in [0.5, 0.6) is 0 Å². The summed E-state index contributed by atoms with van der Waals surface area (Å²) in [6.45, 7) is 3.18. The monoisotopic (exact) mass is 377 g/mol. The summed E-state index contributed by atoms with van der Waals surface area (Å²) in [5.41, 5.74) is 3.91. The molecule has 7 heteroatoms. The van der Waals surface area contributed by atoms with Gasteiger partial charge in [-0.1, -0.05) is 23.4 Å². The average Bonchev–Trinajstić information content (AvgIpc) is 3.08. The van der Waals surface area contributed by atoms with Gasteiger partial charge in [-0.25, -0.2) is 4.68 Å². The molecule has 0 spiro atoms. The van der Waals surface area contributed by atoms with E-state index in [2.05, 4.69) is 15.6 Å². The van der Waals surface area contributed by atoms with Gasteiger partial charge < -0.3 is 10.2 Å². The lowest BCUT2D eigenvalue weighted by molar-refractivity contribution is 0.0698. The quantitative estimate of drug-likeness (QED) is 0.760. The van der Waals surface area contributed by atoms with E-state index >= 15 is 0 Å². The number of benzene rings is 2. The summed E-state index contributed by atoms with van der Waals surface area (Å²) in [6.07, 6.45) is 1.49. The van der Waals surface area contributed by atoms with Crippen LogP contribution in [0.2, 0.25) is 0 Å². The van der Waals surface area contributed by atoms with E-state index in [9.17, 15) is 9.59 Å². The number of aryl methyl sites for hydroxylation is 2. The number of rotatable bonds is 3. The minimum Gasteiger partial charge on any atom is -0.349 e. The molecule has 7 nitrogen and oxygen atoms in total. The largest absolute Gasteiger partial charge is 0.349 e. The molecule has 3 aromatic rings. The third-order valence-electron chi connectivity index (χ3n) is 5.36. The van der Waals surface area contributed by atoms with Crippen molar-refractivity contribution in [3.8, 4) is 0 Å². The molecule has 2 aromatic carbocycles. The van der Waals surface area contributed by atoms with Crippen molar-refractivity contribution in [2.45, 2.75) is 25.8 Å². The third kappa shape index (κ3) is 3.47. The number of aromatic nitrogens is 3. The first-order valence-electron chi connectivity index (χ1n) is 9.48. The number of amides is 2. The van der Waals surface area contributed by atoms with Gasteiger partial charge >= 0.3 is 0 Å². The van der Waals surface area contributed by atoms with Crippen molar-refractivity contribution < 1.29 is 9.59 Å². The molecule has 0 bridgehead atoms. The van der Waals surface area contributed by atoms with Gasteiger partial charge in [0.2, 0.25) is 0 Å². The van der Waals surface area contributed by atoms with Crippen molar-refractivity contribution in [3.63, 3.8) is 0 Å². The summed E-state index contributed by atoms with van der Waals surface area (Å²) >= 11 is 0. The maximum atomic E-state index is 12.8. The molecule has 0 atom stereocenters. The molecule has 2 heterocycles. The Morgan fingerprint density at radius 2 is 1.86 bits per heavy atom. The maximum absolute atomic E-state index is 12.8. The van der Waals surface area contributed by atoms with Crippen LogP contribution < -0.4 is 5.32 Å². The van der Waals surface area contributed by atoms with Gasteiger partial charge in [0, 0.05) is 37.3 Å². The second-order valence-electron chi connectivity index (χ2n) is 7.27. The molecule has 4 rings (SSSR count). The van der Waals surface area contributed by atoms with E-state index in [-0.39, 0.29) is 17.9 Å².